The van der Waals surface area contributed by atoms with Crippen LogP contribution in [0.3, 0.4) is 0 Å². The van der Waals surface area contributed by atoms with E-state index in [1.54, 1.807) is 17.0 Å². The lowest BCUT2D eigenvalue weighted by Gasteiger charge is -2.26. The Morgan fingerprint density at radius 1 is 0.973 bits per heavy atom. The van der Waals surface area contributed by atoms with E-state index < -0.39 is 17.7 Å². The number of ketones is 1. The van der Waals surface area contributed by atoms with Crippen molar-refractivity contribution in [1.82, 2.24) is 9.80 Å². The third-order valence-electron chi connectivity index (χ3n) is 6.64. The summed E-state index contributed by atoms with van der Waals surface area (Å²) >= 11 is 0. The zero-order chi connectivity index (χ0) is 26.5. The Bertz CT molecular complexity index is 1300. The largest absolute Gasteiger partial charge is 0.507 e. The number of carbonyl (C=O) groups excluding carboxylic acids is 2. The summed E-state index contributed by atoms with van der Waals surface area (Å²) in [6.45, 7) is 5.48. The second-order valence-corrected chi connectivity index (χ2v) is 9.81. The Kier molecular flexibility index (Phi) is 8.09. The molecule has 1 aliphatic heterocycles. The number of hydrogen-bond donors (Lipinski definition) is 1. The van der Waals surface area contributed by atoms with Crippen LogP contribution >= 0.6 is 0 Å². The predicted molar refractivity (Wildman–Crippen MR) is 145 cm³/mol. The molecule has 6 nitrogen and oxygen atoms in total. The second kappa shape index (κ2) is 11.4. The van der Waals surface area contributed by atoms with Crippen LogP contribution in [-0.4, -0.2) is 53.8 Å². The molecule has 0 radical (unpaired) electrons. The average molecular weight is 499 g/mol. The van der Waals surface area contributed by atoms with Gasteiger partial charge in [-0.2, -0.15) is 0 Å². The van der Waals surface area contributed by atoms with E-state index in [0.29, 0.717) is 24.5 Å². The Balaban J connectivity index is 1.68. The highest BCUT2D eigenvalue weighted by Crippen LogP contribution is 2.40. The Hall–Kier alpha value is -3.90. The monoisotopic (exact) mass is 498 g/mol. The van der Waals surface area contributed by atoms with Gasteiger partial charge in [0.1, 0.15) is 18.1 Å². The maximum atomic E-state index is 13.3. The number of ether oxygens (including phenoxy) is 1. The number of likely N-dealkylation sites (tertiary alicyclic amines) is 1. The number of carbonyl (C=O) groups is 2. The molecule has 0 unspecified atom stereocenters. The van der Waals surface area contributed by atoms with Crippen molar-refractivity contribution in [2.45, 2.75) is 32.9 Å². The van der Waals surface area contributed by atoms with Crippen LogP contribution < -0.4 is 4.74 Å². The molecule has 1 heterocycles. The van der Waals surface area contributed by atoms with Gasteiger partial charge in [0, 0.05) is 12.1 Å². The van der Waals surface area contributed by atoms with Gasteiger partial charge in [-0.3, -0.25) is 9.59 Å². The molecule has 0 spiro atoms. The molecule has 1 atom stereocenters. The second-order valence-electron chi connectivity index (χ2n) is 9.81. The third-order valence-corrected chi connectivity index (χ3v) is 6.64. The molecule has 0 bridgehead atoms. The summed E-state index contributed by atoms with van der Waals surface area (Å²) in [5.41, 5.74) is 4.33. The molecule has 37 heavy (non-hydrogen) atoms. The fourth-order valence-electron chi connectivity index (χ4n) is 4.64. The average Bonchev–Trinajstić information content (AvgIpc) is 3.13. The van der Waals surface area contributed by atoms with Gasteiger partial charge in [-0.1, -0.05) is 60.2 Å². The minimum Gasteiger partial charge on any atom is -0.507 e. The molecule has 1 N–H and O–H groups in total. The number of aliphatic hydroxyl groups is 1. The number of nitrogens with zero attached hydrogens (tertiary/aromatic N) is 2. The molecular formula is C31H34N2O4. The lowest BCUT2D eigenvalue weighted by atomic mass is 9.93. The van der Waals surface area contributed by atoms with Crippen molar-refractivity contribution in [1.29, 1.82) is 0 Å². The molecule has 0 aromatic heterocycles. The van der Waals surface area contributed by atoms with Crippen molar-refractivity contribution in [2.24, 2.45) is 0 Å². The van der Waals surface area contributed by atoms with Gasteiger partial charge in [0.2, 0.25) is 0 Å². The van der Waals surface area contributed by atoms with E-state index in [9.17, 15) is 14.7 Å². The van der Waals surface area contributed by atoms with Gasteiger partial charge in [0.25, 0.3) is 11.7 Å². The Labute approximate surface area is 218 Å². The van der Waals surface area contributed by atoms with E-state index in [1.165, 1.54) is 0 Å². The number of amides is 1. The first kappa shape index (κ1) is 26.2. The first-order chi connectivity index (χ1) is 17.8. The van der Waals surface area contributed by atoms with Gasteiger partial charge < -0.3 is 19.6 Å². The van der Waals surface area contributed by atoms with Crippen LogP contribution in [0.25, 0.3) is 5.76 Å². The minimum atomic E-state index is -0.656. The van der Waals surface area contributed by atoms with Crippen LogP contribution in [0, 0.1) is 13.8 Å². The van der Waals surface area contributed by atoms with Gasteiger partial charge in [-0.15, -0.1) is 0 Å². The van der Waals surface area contributed by atoms with Crippen molar-refractivity contribution in [2.75, 3.05) is 27.2 Å². The van der Waals surface area contributed by atoms with Crippen molar-refractivity contribution >= 4 is 17.4 Å². The highest BCUT2D eigenvalue weighted by molar-refractivity contribution is 6.46. The summed E-state index contributed by atoms with van der Waals surface area (Å²) in [5, 5.41) is 11.4. The molecule has 3 aromatic carbocycles. The molecule has 1 aliphatic rings. The summed E-state index contributed by atoms with van der Waals surface area (Å²) in [4.78, 5) is 30.0. The van der Waals surface area contributed by atoms with Crippen molar-refractivity contribution in [3.63, 3.8) is 0 Å². The first-order valence-corrected chi connectivity index (χ1v) is 12.5. The standard InChI is InChI=1S/C31H34N2O4/c1-21-11-13-24(14-12-21)28-27(30(35)31(36)33(28)18-8-17-32(3)4)29(34)26-16-15-25(19-22(26)2)37-20-23-9-6-5-7-10-23/h5-7,9-16,19,28,34H,8,17-18,20H2,1-4H3/b29-27+/t28-/m0/s1. The van der Waals surface area contributed by atoms with Crippen LogP contribution in [0.4, 0.5) is 0 Å². The lowest BCUT2D eigenvalue weighted by Crippen LogP contribution is -2.32. The number of Topliss-reactive ketones (excluding diaryl/α,β-unsaturated/α-hetero) is 1. The topological polar surface area (TPSA) is 70.1 Å². The summed E-state index contributed by atoms with van der Waals surface area (Å²) in [6.07, 6.45) is 0.717. The van der Waals surface area contributed by atoms with E-state index in [1.807, 2.05) is 93.5 Å². The molecule has 1 saturated heterocycles. The summed E-state index contributed by atoms with van der Waals surface area (Å²) in [7, 11) is 3.95. The summed E-state index contributed by atoms with van der Waals surface area (Å²) in [6, 6.07) is 22.4. The zero-order valence-corrected chi connectivity index (χ0v) is 21.9. The van der Waals surface area contributed by atoms with Crippen LogP contribution in [-0.2, 0) is 16.2 Å². The van der Waals surface area contributed by atoms with Crippen LogP contribution in [0.2, 0.25) is 0 Å². The van der Waals surface area contributed by atoms with E-state index in [4.69, 9.17) is 4.74 Å². The van der Waals surface area contributed by atoms with Crippen molar-refractivity contribution in [3.05, 3.63) is 106 Å². The molecule has 6 heteroatoms. The Morgan fingerprint density at radius 3 is 2.32 bits per heavy atom. The van der Waals surface area contributed by atoms with Crippen LogP contribution in [0.15, 0.2) is 78.4 Å². The fourth-order valence-corrected chi connectivity index (χ4v) is 4.64. The SMILES string of the molecule is Cc1ccc([C@H]2/C(=C(\O)c3ccc(OCc4ccccc4)cc3C)C(=O)C(=O)N2CCCN(C)C)cc1. The normalized spacial score (nSPS) is 17.0. The molecule has 1 fully saturated rings. The maximum absolute atomic E-state index is 13.3. The number of rotatable bonds is 9. The summed E-state index contributed by atoms with van der Waals surface area (Å²) in [5.74, 6) is -0.730. The Morgan fingerprint density at radius 2 is 1.68 bits per heavy atom. The van der Waals surface area contributed by atoms with Gasteiger partial charge in [-0.05, 0) is 75.8 Å². The molecule has 0 saturated carbocycles. The van der Waals surface area contributed by atoms with E-state index in [0.717, 1.165) is 35.2 Å². The predicted octanol–water partition coefficient (Wildman–Crippen LogP) is 5.26. The molecule has 1 amide bonds. The quantitative estimate of drug-likeness (QED) is 0.248. The smallest absolute Gasteiger partial charge is 0.295 e. The van der Waals surface area contributed by atoms with Gasteiger partial charge in [0.05, 0.1) is 11.6 Å². The number of hydrogen-bond acceptors (Lipinski definition) is 5. The van der Waals surface area contributed by atoms with Crippen molar-refractivity contribution in [3.8, 4) is 5.75 Å². The number of aliphatic hydroxyl groups excluding tert-OH is 1. The zero-order valence-electron chi connectivity index (χ0n) is 21.9. The minimum absolute atomic E-state index is 0.125. The van der Waals surface area contributed by atoms with E-state index in [2.05, 4.69) is 0 Å². The molecular weight excluding hydrogens is 464 g/mol. The lowest BCUT2D eigenvalue weighted by molar-refractivity contribution is -0.139. The van der Waals surface area contributed by atoms with Gasteiger partial charge in [-0.25, -0.2) is 0 Å². The molecule has 192 valence electrons. The fraction of sp³-hybridized carbons (Fsp3) is 0.290. The molecule has 3 aromatic rings. The number of benzene rings is 3. The van der Waals surface area contributed by atoms with Gasteiger partial charge >= 0.3 is 0 Å². The van der Waals surface area contributed by atoms with E-state index >= 15 is 0 Å². The van der Waals surface area contributed by atoms with E-state index in [-0.39, 0.29) is 11.3 Å². The number of aryl methyl sites for hydroxylation is 2. The highest BCUT2D eigenvalue weighted by atomic mass is 16.5. The first-order valence-electron chi connectivity index (χ1n) is 12.5. The van der Waals surface area contributed by atoms with Crippen LogP contribution in [0.5, 0.6) is 5.75 Å². The third kappa shape index (κ3) is 5.92. The summed E-state index contributed by atoms with van der Waals surface area (Å²) < 4.78 is 5.92. The molecule has 4 rings (SSSR count). The van der Waals surface area contributed by atoms with Crippen LogP contribution in [0.1, 0.15) is 40.3 Å². The molecule has 0 aliphatic carbocycles. The highest BCUT2D eigenvalue weighted by Gasteiger charge is 2.45. The van der Waals surface area contributed by atoms with Crippen molar-refractivity contribution < 1.29 is 19.4 Å². The van der Waals surface area contributed by atoms with Gasteiger partial charge in [0.15, 0.2) is 0 Å². The maximum Gasteiger partial charge on any atom is 0.295 e.